The lowest BCUT2D eigenvalue weighted by atomic mass is 9.59. The quantitative estimate of drug-likeness (QED) is 0.766. The Balaban J connectivity index is 1.95. The fourth-order valence-electron chi connectivity index (χ4n) is 5.90. The third-order valence-electron chi connectivity index (χ3n) is 7.41. The number of carbonyl (C=O) groups is 1. The molecule has 0 aliphatic heterocycles. The minimum absolute atomic E-state index is 0.148. The fourth-order valence-corrected chi connectivity index (χ4v) is 5.90. The average molecular weight is 278 g/mol. The van der Waals surface area contributed by atoms with Crippen molar-refractivity contribution in [3.63, 3.8) is 0 Å². The monoisotopic (exact) mass is 278 g/mol. The molecule has 0 spiro atoms. The zero-order valence-electron chi connectivity index (χ0n) is 13.6. The van der Waals surface area contributed by atoms with Crippen molar-refractivity contribution in [2.75, 3.05) is 6.61 Å². The van der Waals surface area contributed by atoms with Crippen molar-refractivity contribution in [1.82, 2.24) is 0 Å². The van der Waals surface area contributed by atoms with Gasteiger partial charge >= 0.3 is 0 Å². The van der Waals surface area contributed by atoms with E-state index in [1.54, 1.807) is 0 Å². The molecule has 2 nitrogen and oxygen atoms in total. The normalized spacial score (nSPS) is 46.9. The topological polar surface area (TPSA) is 26.3 Å². The molecule has 3 saturated carbocycles. The Kier molecular flexibility index (Phi) is 3.32. The zero-order chi connectivity index (χ0) is 14.6. The van der Waals surface area contributed by atoms with Gasteiger partial charge < -0.3 is 4.74 Å². The predicted octanol–water partition coefficient (Wildman–Crippen LogP) is 4.37. The molecule has 2 bridgehead atoms. The third kappa shape index (κ3) is 1.76. The summed E-state index contributed by atoms with van der Waals surface area (Å²) in [5, 5.41) is 0. The van der Waals surface area contributed by atoms with Gasteiger partial charge in [-0.2, -0.15) is 0 Å². The van der Waals surface area contributed by atoms with Gasteiger partial charge in [0, 0.05) is 19.4 Å². The van der Waals surface area contributed by atoms with Gasteiger partial charge in [0.15, 0.2) is 0 Å². The Hall–Kier alpha value is -0.370. The SMILES string of the molecule is CCOC1([C@@H]2C[C@H]3CC[C@]2(C)C3(C)C)CCCC(=O)C1. The second kappa shape index (κ2) is 4.56. The van der Waals surface area contributed by atoms with Crippen LogP contribution >= 0.6 is 0 Å². The number of Topliss-reactive ketones (excluding diaryl/α,β-unsaturated/α-hetero) is 1. The first-order chi connectivity index (χ1) is 9.36. The Morgan fingerprint density at radius 2 is 2.00 bits per heavy atom. The van der Waals surface area contributed by atoms with Crippen molar-refractivity contribution in [3.05, 3.63) is 0 Å². The lowest BCUT2D eigenvalue weighted by molar-refractivity contribution is -0.157. The molecule has 0 N–H and O–H groups in total. The van der Waals surface area contributed by atoms with Gasteiger partial charge in [-0.3, -0.25) is 4.79 Å². The Morgan fingerprint density at radius 1 is 1.25 bits per heavy atom. The first-order valence-electron chi connectivity index (χ1n) is 8.51. The van der Waals surface area contributed by atoms with Crippen LogP contribution in [0.2, 0.25) is 0 Å². The summed E-state index contributed by atoms with van der Waals surface area (Å²) >= 11 is 0. The van der Waals surface area contributed by atoms with Crippen LogP contribution in [0.4, 0.5) is 0 Å². The summed E-state index contributed by atoms with van der Waals surface area (Å²) in [4.78, 5) is 12.1. The van der Waals surface area contributed by atoms with E-state index in [1.165, 1.54) is 19.3 Å². The summed E-state index contributed by atoms with van der Waals surface area (Å²) in [6.07, 6.45) is 7.52. The van der Waals surface area contributed by atoms with Crippen LogP contribution in [0.1, 0.15) is 72.6 Å². The number of hydrogen-bond donors (Lipinski definition) is 0. The number of carbonyl (C=O) groups excluding carboxylic acids is 1. The Morgan fingerprint density at radius 3 is 2.50 bits per heavy atom. The van der Waals surface area contributed by atoms with Gasteiger partial charge in [-0.25, -0.2) is 0 Å². The van der Waals surface area contributed by atoms with Gasteiger partial charge in [0.25, 0.3) is 0 Å². The molecule has 3 rings (SSSR count). The number of rotatable bonds is 3. The van der Waals surface area contributed by atoms with Crippen LogP contribution in [0, 0.1) is 22.7 Å². The molecule has 2 heteroatoms. The molecule has 0 amide bonds. The van der Waals surface area contributed by atoms with E-state index in [1.807, 2.05) is 0 Å². The van der Waals surface area contributed by atoms with E-state index in [4.69, 9.17) is 4.74 Å². The van der Waals surface area contributed by atoms with Crippen molar-refractivity contribution in [2.24, 2.45) is 22.7 Å². The standard InChI is InChI=1S/C18H30O2/c1-5-20-18(9-6-7-14(19)12-18)15-11-13-8-10-17(15,4)16(13,2)3/h13,15H,5-12H2,1-4H3/t13-,15-,17+,18?/m1/s1. The Bertz CT molecular complexity index is 410. The molecule has 0 radical (unpaired) electrons. The van der Waals surface area contributed by atoms with Gasteiger partial charge in [0.2, 0.25) is 0 Å². The van der Waals surface area contributed by atoms with Gasteiger partial charge in [-0.15, -0.1) is 0 Å². The second-order valence-corrected chi connectivity index (χ2v) is 8.23. The minimum Gasteiger partial charge on any atom is -0.375 e. The molecule has 3 aliphatic rings. The lowest BCUT2D eigenvalue weighted by Crippen LogP contribution is -2.51. The van der Waals surface area contributed by atoms with Crippen LogP contribution in [0.25, 0.3) is 0 Å². The van der Waals surface area contributed by atoms with E-state index < -0.39 is 0 Å². The first-order valence-corrected chi connectivity index (χ1v) is 8.51. The van der Waals surface area contributed by atoms with E-state index in [9.17, 15) is 4.79 Å². The van der Waals surface area contributed by atoms with Crippen LogP contribution < -0.4 is 0 Å². The molecule has 3 fully saturated rings. The minimum atomic E-state index is -0.148. The van der Waals surface area contributed by atoms with E-state index in [0.29, 0.717) is 29.0 Å². The predicted molar refractivity (Wildman–Crippen MR) is 80.6 cm³/mol. The first kappa shape index (κ1) is 14.6. The van der Waals surface area contributed by atoms with Gasteiger partial charge in [-0.05, 0) is 61.7 Å². The van der Waals surface area contributed by atoms with Gasteiger partial charge in [0.05, 0.1) is 5.60 Å². The molecule has 0 aromatic carbocycles. The number of ketones is 1. The van der Waals surface area contributed by atoms with Crippen LogP contribution in [0.5, 0.6) is 0 Å². The molecule has 4 atom stereocenters. The highest BCUT2D eigenvalue weighted by molar-refractivity contribution is 5.80. The molecule has 0 saturated heterocycles. The van der Waals surface area contributed by atoms with Gasteiger partial charge in [0.1, 0.15) is 5.78 Å². The number of fused-ring (bicyclic) bond motifs is 2. The largest absolute Gasteiger partial charge is 0.375 e. The van der Waals surface area contributed by atoms with Crippen molar-refractivity contribution >= 4 is 5.78 Å². The number of ether oxygens (including phenoxy) is 1. The molecule has 0 aromatic rings. The Labute approximate surface area is 123 Å². The summed E-state index contributed by atoms with van der Waals surface area (Å²) in [6, 6.07) is 0. The molecule has 0 heterocycles. The second-order valence-electron chi connectivity index (χ2n) is 8.23. The van der Waals surface area contributed by atoms with Crippen molar-refractivity contribution in [3.8, 4) is 0 Å². The smallest absolute Gasteiger partial charge is 0.135 e. The van der Waals surface area contributed by atoms with Crippen LogP contribution in [0.3, 0.4) is 0 Å². The highest BCUT2D eigenvalue weighted by atomic mass is 16.5. The maximum absolute atomic E-state index is 12.1. The fraction of sp³-hybridized carbons (Fsp3) is 0.944. The highest BCUT2D eigenvalue weighted by Crippen LogP contribution is 2.71. The zero-order valence-corrected chi connectivity index (χ0v) is 13.6. The van der Waals surface area contributed by atoms with E-state index >= 15 is 0 Å². The summed E-state index contributed by atoms with van der Waals surface area (Å²) in [7, 11) is 0. The number of hydrogen-bond acceptors (Lipinski definition) is 2. The summed E-state index contributed by atoms with van der Waals surface area (Å²) in [5.74, 6) is 1.83. The summed E-state index contributed by atoms with van der Waals surface area (Å²) in [5.41, 5.74) is 0.609. The molecular weight excluding hydrogens is 248 g/mol. The molecule has 1 unspecified atom stereocenters. The van der Waals surface area contributed by atoms with E-state index in [0.717, 1.165) is 31.8 Å². The maximum Gasteiger partial charge on any atom is 0.135 e. The van der Waals surface area contributed by atoms with Gasteiger partial charge in [-0.1, -0.05) is 20.8 Å². The lowest BCUT2D eigenvalue weighted by Gasteiger charge is -2.50. The average Bonchev–Trinajstić information content (AvgIpc) is 2.71. The molecule has 114 valence electrons. The van der Waals surface area contributed by atoms with Crippen molar-refractivity contribution in [2.45, 2.75) is 78.2 Å². The van der Waals surface area contributed by atoms with Crippen molar-refractivity contribution < 1.29 is 9.53 Å². The summed E-state index contributed by atoms with van der Waals surface area (Å²) < 4.78 is 6.32. The third-order valence-corrected chi connectivity index (χ3v) is 7.41. The van der Waals surface area contributed by atoms with Crippen LogP contribution in [0.15, 0.2) is 0 Å². The summed E-state index contributed by atoms with van der Waals surface area (Å²) in [6.45, 7) is 10.2. The van der Waals surface area contributed by atoms with E-state index in [2.05, 4.69) is 27.7 Å². The molecule has 3 aliphatic carbocycles. The van der Waals surface area contributed by atoms with E-state index in [-0.39, 0.29) is 5.60 Å². The molecule has 0 aromatic heterocycles. The van der Waals surface area contributed by atoms with Crippen LogP contribution in [-0.2, 0) is 9.53 Å². The molecule has 20 heavy (non-hydrogen) atoms. The highest BCUT2D eigenvalue weighted by Gasteiger charge is 2.66. The van der Waals surface area contributed by atoms with Crippen molar-refractivity contribution in [1.29, 1.82) is 0 Å². The molecular formula is C18H30O2. The maximum atomic E-state index is 12.1. The van der Waals surface area contributed by atoms with Crippen LogP contribution in [-0.4, -0.2) is 18.0 Å².